The molecule has 0 aliphatic rings. The predicted molar refractivity (Wildman–Crippen MR) is 59.5 cm³/mol. The first kappa shape index (κ1) is 9.37. The number of allylic oxidation sites excluding steroid dienone is 1. The van der Waals surface area contributed by atoms with Crippen LogP contribution in [0, 0.1) is 0 Å². The van der Waals surface area contributed by atoms with Gasteiger partial charge in [-0.05, 0) is 29.8 Å². The van der Waals surface area contributed by atoms with E-state index in [2.05, 4.69) is 4.98 Å². The van der Waals surface area contributed by atoms with E-state index in [0.717, 1.165) is 15.2 Å². The minimum Gasteiger partial charge on any atom is -0.276 e. The van der Waals surface area contributed by atoms with Gasteiger partial charge in [-0.15, -0.1) is 11.3 Å². The van der Waals surface area contributed by atoms with Gasteiger partial charge in [0.25, 0.3) is 0 Å². The van der Waals surface area contributed by atoms with Crippen LogP contribution in [-0.4, -0.2) is 10.2 Å². The molecule has 0 amide bonds. The highest BCUT2D eigenvalue weighted by atomic mass is 35.5. The number of hydrogen-bond acceptors (Lipinski definition) is 3. The molecule has 2 nitrogen and oxygen atoms in total. The fraction of sp³-hybridized carbons (Fsp3) is 0. The summed E-state index contributed by atoms with van der Waals surface area (Å²) < 4.78 is 1.11. The molecule has 0 aliphatic carbocycles. The monoisotopic (exact) mass is 223 g/mol. The van der Waals surface area contributed by atoms with Gasteiger partial charge in [0.2, 0.25) is 5.24 Å². The average molecular weight is 224 g/mol. The van der Waals surface area contributed by atoms with Crippen LogP contribution < -0.4 is 0 Å². The van der Waals surface area contributed by atoms with Crippen molar-refractivity contribution >= 4 is 44.5 Å². The molecule has 0 atom stereocenters. The second kappa shape index (κ2) is 3.90. The van der Waals surface area contributed by atoms with Gasteiger partial charge in [-0.2, -0.15) is 0 Å². The summed E-state index contributed by atoms with van der Waals surface area (Å²) in [6.07, 6.45) is 2.93. The van der Waals surface area contributed by atoms with Crippen LogP contribution in [0.5, 0.6) is 0 Å². The molecule has 1 aromatic heterocycles. The standard InChI is InChI=1S/C10H6ClNOS/c11-9(13)5-6-10-12-7-3-1-2-4-8(7)14-10/h1-6H/b6-5+. The summed E-state index contributed by atoms with van der Waals surface area (Å²) in [6.45, 7) is 0. The largest absolute Gasteiger partial charge is 0.276 e. The molecule has 0 radical (unpaired) electrons. The lowest BCUT2D eigenvalue weighted by molar-refractivity contribution is -0.107. The van der Waals surface area contributed by atoms with E-state index in [4.69, 9.17) is 11.6 Å². The van der Waals surface area contributed by atoms with Gasteiger partial charge in [-0.1, -0.05) is 12.1 Å². The van der Waals surface area contributed by atoms with Crippen LogP contribution in [0.4, 0.5) is 0 Å². The summed E-state index contributed by atoms with van der Waals surface area (Å²) in [5, 5.41) is 0.310. The topological polar surface area (TPSA) is 30.0 Å². The van der Waals surface area contributed by atoms with Crippen molar-refractivity contribution < 1.29 is 4.79 Å². The van der Waals surface area contributed by atoms with E-state index in [1.165, 1.54) is 17.4 Å². The number of thiazole rings is 1. The first-order chi connectivity index (χ1) is 6.75. The van der Waals surface area contributed by atoms with Gasteiger partial charge in [0.1, 0.15) is 5.01 Å². The van der Waals surface area contributed by atoms with Crippen molar-refractivity contribution in [3.05, 3.63) is 35.3 Å². The maximum atomic E-state index is 10.5. The van der Waals surface area contributed by atoms with Crippen LogP contribution in [0.25, 0.3) is 16.3 Å². The molecule has 70 valence electrons. The lowest BCUT2D eigenvalue weighted by Crippen LogP contribution is -1.74. The van der Waals surface area contributed by atoms with Crippen molar-refractivity contribution in [2.24, 2.45) is 0 Å². The fourth-order valence-electron chi connectivity index (χ4n) is 1.10. The van der Waals surface area contributed by atoms with E-state index in [-0.39, 0.29) is 0 Å². The molecule has 1 heterocycles. The number of fused-ring (bicyclic) bond motifs is 1. The van der Waals surface area contributed by atoms with Crippen molar-refractivity contribution in [2.45, 2.75) is 0 Å². The molecular formula is C10H6ClNOS. The maximum Gasteiger partial charge on any atom is 0.245 e. The molecule has 0 saturated carbocycles. The van der Waals surface area contributed by atoms with E-state index in [9.17, 15) is 4.79 Å². The smallest absolute Gasteiger partial charge is 0.245 e. The van der Waals surface area contributed by atoms with Crippen LogP contribution in [-0.2, 0) is 4.79 Å². The Hall–Kier alpha value is -1.19. The van der Waals surface area contributed by atoms with Crippen LogP contribution in [0.15, 0.2) is 30.3 Å². The molecule has 2 rings (SSSR count). The third-order valence-corrected chi connectivity index (χ3v) is 2.80. The molecule has 14 heavy (non-hydrogen) atoms. The number of carbonyl (C=O) groups is 1. The molecule has 0 fully saturated rings. The third kappa shape index (κ3) is 2.00. The molecule has 2 aromatic rings. The molecule has 1 aromatic carbocycles. The van der Waals surface area contributed by atoms with E-state index in [1.54, 1.807) is 6.08 Å². The van der Waals surface area contributed by atoms with E-state index < -0.39 is 5.24 Å². The molecule has 0 unspecified atom stereocenters. The first-order valence-electron chi connectivity index (χ1n) is 3.99. The summed E-state index contributed by atoms with van der Waals surface area (Å²) in [7, 11) is 0. The summed E-state index contributed by atoms with van der Waals surface area (Å²) >= 11 is 6.71. The second-order valence-electron chi connectivity index (χ2n) is 2.66. The molecule has 0 bridgehead atoms. The zero-order chi connectivity index (χ0) is 9.97. The minimum atomic E-state index is -0.482. The van der Waals surface area contributed by atoms with Crippen molar-refractivity contribution in [1.82, 2.24) is 4.98 Å². The highest BCUT2D eigenvalue weighted by molar-refractivity contribution is 7.19. The molecule has 0 N–H and O–H groups in total. The Labute approximate surface area is 89.8 Å². The lowest BCUT2D eigenvalue weighted by Gasteiger charge is -1.80. The van der Waals surface area contributed by atoms with Gasteiger partial charge < -0.3 is 0 Å². The quantitative estimate of drug-likeness (QED) is 0.579. The number of para-hydroxylation sites is 1. The summed E-state index contributed by atoms with van der Waals surface area (Å²) in [4.78, 5) is 14.8. The Balaban J connectivity index is 2.40. The summed E-state index contributed by atoms with van der Waals surface area (Å²) in [5.74, 6) is 0. The zero-order valence-electron chi connectivity index (χ0n) is 7.11. The van der Waals surface area contributed by atoms with E-state index >= 15 is 0 Å². The maximum absolute atomic E-state index is 10.5. The normalized spacial score (nSPS) is 11.2. The van der Waals surface area contributed by atoms with E-state index in [1.807, 2.05) is 24.3 Å². The first-order valence-corrected chi connectivity index (χ1v) is 5.18. The molecule has 0 spiro atoms. The van der Waals surface area contributed by atoms with Crippen molar-refractivity contribution in [1.29, 1.82) is 0 Å². The molecular weight excluding hydrogens is 218 g/mol. The number of aromatic nitrogens is 1. The number of nitrogens with zero attached hydrogens (tertiary/aromatic N) is 1. The van der Waals surface area contributed by atoms with Crippen LogP contribution in [0.1, 0.15) is 5.01 Å². The fourth-order valence-corrected chi connectivity index (χ4v) is 2.03. The van der Waals surface area contributed by atoms with Crippen LogP contribution in [0.2, 0.25) is 0 Å². The number of rotatable bonds is 2. The van der Waals surface area contributed by atoms with Gasteiger partial charge in [0, 0.05) is 6.08 Å². The number of halogens is 1. The molecule has 4 heteroatoms. The van der Waals surface area contributed by atoms with Gasteiger partial charge in [0.05, 0.1) is 10.2 Å². The van der Waals surface area contributed by atoms with Gasteiger partial charge in [0.15, 0.2) is 0 Å². The number of hydrogen-bond donors (Lipinski definition) is 0. The van der Waals surface area contributed by atoms with Crippen LogP contribution >= 0.6 is 22.9 Å². The van der Waals surface area contributed by atoms with Crippen LogP contribution in [0.3, 0.4) is 0 Å². The number of benzene rings is 1. The summed E-state index contributed by atoms with van der Waals surface area (Å²) in [6, 6.07) is 7.82. The van der Waals surface area contributed by atoms with Crippen molar-refractivity contribution in [3.63, 3.8) is 0 Å². The zero-order valence-corrected chi connectivity index (χ0v) is 8.68. The van der Waals surface area contributed by atoms with Crippen molar-refractivity contribution in [3.8, 4) is 0 Å². The number of carbonyl (C=O) groups excluding carboxylic acids is 1. The van der Waals surface area contributed by atoms with Gasteiger partial charge >= 0.3 is 0 Å². The Morgan fingerprint density at radius 2 is 2.21 bits per heavy atom. The lowest BCUT2D eigenvalue weighted by atomic mass is 10.3. The van der Waals surface area contributed by atoms with E-state index in [0.29, 0.717) is 0 Å². The summed E-state index contributed by atoms with van der Waals surface area (Å²) in [5.41, 5.74) is 0.944. The average Bonchev–Trinajstić information content (AvgIpc) is 2.57. The SMILES string of the molecule is O=C(Cl)/C=C/c1nc2ccccc2s1. The second-order valence-corrected chi connectivity index (χ2v) is 4.09. The molecule has 0 aliphatic heterocycles. The third-order valence-electron chi connectivity index (χ3n) is 1.67. The molecule has 0 saturated heterocycles. The van der Waals surface area contributed by atoms with Crippen molar-refractivity contribution in [2.75, 3.05) is 0 Å². The Kier molecular flexibility index (Phi) is 2.61. The minimum absolute atomic E-state index is 0.482. The Morgan fingerprint density at radius 3 is 2.93 bits per heavy atom. The Bertz CT molecular complexity index is 471. The Morgan fingerprint density at radius 1 is 1.43 bits per heavy atom. The van der Waals surface area contributed by atoms with Gasteiger partial charge in [-0.3, -0.25) is 4.79 Å². The highest BCUT2D eigenvalue weighted by Gasteiger charge is 1.99. The predicted octanol–water partition coefficient (Wildman–Crippen LogP) is 3.07. The highest BCUT2D eigenvalue weighted by Crippen LogP contribution is 2.22. The van der Waals surface area contributed by atoms with Gasteiger partial charge in [-0.25, -0.2) is 4.98 Å².